The van der Waals surface area contributed by atoms with E-state index >= 15 is 0 Å². The van der Waals surface area contributed by atoms with E-state index in [0.717, 1.165) is 11.3 Å². The van der Waals surface area contributed by atoms with E-state index in [9.17, 15) is 18.0 Å². The van der Waals surface area contributed by atoms with Crippen LogP contribution in [-0.4, -0.2) is 48.9 Å². The highest BCUT2D eigenvalue weighted by molar-refractivity contribution is 7.92. The van der Waals surface area contributed by atoms with Crippen LogP contribution in [0.5, 0.6) is 0 Å². The predicted molar refractivity (Wildman–Crippen MR) is 128 cm³/mol. The molecule has 2 aliphatic heterocycles. The molecule has 0 spiro atoms. The van der Waals surface area contributed by atoms with Crippen LogP contribution in [0.3, 0.4) is 0 Å². The summed E-state index contributed by atoms with van der Waals surface area (Å²) in [5.41, 5.74) is 3.39. The molecule has 4 rings (SSSR count). The van der Waals surface area contributed by atoms with Crippen LogP contribution in [0.1, 0.15) is 51.3 Å². The first-order chi connectivity index (χ1) is 15.5. The summed E-state index contributed by atoms with van der Waals surface area (Å²) in [6, 6.07) is 3.58. The molecule has 1 aromatic carbocycles. The van der Waals surface area contributed by atoms with E-state index in [1.807, 2.05) is 26.8 Å². The van der Waals surface area contributed by atoms with Crippen molar-refractivity contribution in [3.8, 4) is 0 Å². The van der Waals surface area contributed by atoms with Gasteiger partial charge in [-0.2, -0.15) is 0 Å². The summed E-state index contributed by atoms with van der Waals surface area (Å²) in [6.45, 7) is 6.41. The highest BCUT2D eigenvalue weighted by atomic mass is 35.5. The smallest absolute Gasteiger partial charge is 0.256 e. The number of nitrogens with zero attached hydrogens (tertiary/aromatic N) is 1. The lowest BCUT2D eigenvalue weighted by Crippen LogP contribution is -2.42. The van der Waals surface area contributed by atoms with Crippen molar-refractivity contribution >= 4 is 38.9 Å². The minimum atomic E-state index is -3.07. The maximum Gasteiger partial charge on any atom is 0.256 e. The summed E-state index contributed by atoms with van der Waals surface area (Å²) in [7, 11) is -3.07. The number of sulfone groups is 1. The summed E-state index contributed by atoms with van der Waals surface area (Å²) in [6.07, 6.45) is -0.0704. The Labute approximate surface area is 203 Å². The maximum atomic E-state index is 13.5. The monoisotopic (exact) mass is 512 g/mol. The van der Waals surface area contributed by atoms with Crippen LogP contribution >= 0.6 is 23.2 Å². The third-order valence-electron chi connectivity index (χ3n) is 6.34. The van der Waals surface area contributed by atoms with Crippen molar-refractivity contribution in [2.24, 2.45) is 5.92 Å². The number of pyridine rings is 1. The number of amides is 1. The van der Waals surface area contributed by atoms with Crippen LogP contribution in [-0.2, 0) is 27.5 Å². The number of hydrogen-bond donors (Lipinski definition) is 1. The summed E-state index contributed by atoms with van der Waals surface area (Å²) in [5.74, 6) is -0.526. The van der Waals surface area contributed by atoms with Gasteiger partial charge in [-0.05, 0) is 50.5 Å². The van der Waals surface area contributed by atoms with Gasteiger partial charge in [0.15, 0.2) is 9.84 Å². The number of aromatic nitrogens is 1. The van der Waals surface area contributed by atoms with Gasteiger partial charge in [-0.3, -0.25) is 9.59 Å². The van der Waals surface area contributed by atoms with Crippen molar-refractivity contribution in [3.63, 3.8) is 0 Å². The lowest BCUT2D eigenvalue weighted by atomic mass is 9.90. The van der Waals surface area contributed by atoms with Crippen molar-refractivity contribution in [2.75, 3.05) is 24.7 Å². The van der Waals surface area contributed by atoms with Gasteiger partial charge in [0.2, 0.25) is 0 Å². The molecule has 33 heavy (non-hydrogen) atoms. The van der Waals surface area contributed by atoms with Gasteiger partial charge >= 0.3 is 0 Å². The number of H-pyrrole nitrogens is 1. The third-order valence-corrected chi connectivity index (χ3v) is 8.95. The molecular formula is C23H26Cl2N2O5S. The lowest BCUT2D eigenvalue weighted by molar-refractivity contribution is 0.0270. The van der Waals surface area contributed by atoms with E-state index < -0.39 is 15.9 Å². The molecule has 2 aromatic rings. The van der Waals surface area contributed by atoms with E-state index in [4.69, 9.17) is 27.9 Å². The second kappa shape index (κ2) is 9.06. The maximum absolute atomic E-state index is 13.5. The Bertz CT molecular complexity index is 1280. The van der Waals surface area contributed by atoms with Crippen molar-refractivity contribution in [2.45, 2.75) is 39.8 Å². The molecule has 0 radical (unpaired) electrons. The summed E-state index contributed by atoms with van der Waals surface area (Å²) in [5, 5.41) is 0.648. The van der Waals surface area contributed by atoms with Crippen LogP contribution < -0.4 is 5.56 Å². The molecular weight excluding hydrogens is 487 g/mol. The number of ether oxygens (including phenoxy) is 1. The fourth-order valence-corrected chi connectivity index (χ4v) is 6.94. The van der Waals surface area contributed by atoms with Crippen molar-refractivity contribution in [1.82, 2.24) is 9.88 Å². The fourth-order valence-electron chi connectivity index (χ4n) is 4.72. The van der Waals surface area contributed by atoms with E-state index in [1.54, 1.807) is 11.0 Å². The number of nitrogens with one attached hydrogen (secondary N) is 1. The summed E-state index contributed by atoms with van der Waals surface area (Å²) in [4.78, 5) is 30.4. The van der Waals surface area contributed by atoms with Gasteiger partial charge in [0, 0.05) is 40.9 Å². The molecule has 0 bridgehead atoms. The van der Waals surface area contributed by atoms with Crippen molar-refractivity contribution in [3.05, 3.63) is 66.0 Å². The molecule has 2 aliphatic rings. The van der Waals surface area contributed by atoms with E-state index in [0.29, 0.717) is 46.8 Å². The van der Waals surface area contributed by atoms with Gasteiger partial charge in [-0.1, -0.05) is 23.2 Å². The Morgan fingerprint density at radius 3 is 2.52 bits per heavy atom. The molecule has 1 amide bonds. The van der Waals surface area contributed by atoms with Crippen LogP contribution in [0.25, 0.3) is 0 Å². The second-order valence-electron chi connectivity index (χ2n) is 8.75. The largest absolute Gasteiger partial charge is 0.373 e. The number of fused-ring (bicyclic) bond motifs is 1. The van der Waals surface area contributed by atoms with E-state index in [-0.39, 0.29) is 40.5 Å². The topological polar surface area (TPSA) is 96.5 Å². The number of benzene rings is 1. The SMILES string of the molecule is CCOC(c1cc(Cl)c2c(c1Cl)C(=O)N(Cc1c(C)cc(C)[nH]c1=O)CC2)C1CS(=O)(=O)C1. The number of hydrogen-bond acceptors (Lipinski definition) is 5. The van der Waals surface area contributed by atoms with Crippen LogP contribution in [0.15, 0.2) is 16.9 Å². The van der Waals surface area contributed by atoms with Gasteiger partial charge in [-0.25, -0.2) is 8.42 Å². The Hall–Kier alpha value is -1.87. The standard InChI is InChI=1S/C23H26Cl2N2O5S/c1-4-32-21(14-10-33(30,31)11-14)16-8-18(24)15-5-6-27(23(29)19(15)20(16)25)9-17-12(2)7-13(3)26-22(17)28/h7-8,14,21H,4-6,9-11H2,1-3H3,(H,26,28). The molecule has 10 heteroatoms. The van der Waals surface area contributed by atoms with Crippen LogP contribution in [0.2, 0.25) is 10.0 Å². The number of aryl methyl sites for hydroxylation is 2. The van der Waals surface area contributed by atoms with Gasteiger partial charge in [0.1, 0.15) is 0 Å². The Balaban J connectivity index is 1.71. The Morgan fingerprint density at radius 2 is 1.91 bits per heavy atom. The zero-order valence-electron chi connectivity index (χ0n) is 18.7. The van der Waals surface area contributed by atoms with Gasteiger partial charge < -0.3 is 14.6 Å². The average molecular weight is 513 g/mol. The quantitative estimate of drug-likeness (QED) is 0.637. The van der Waals surface area contributed by atoms with E-state index in [1.165, 1.54) is 0 Å². The predicted octanol–water partition coefficient (Wildman–Crippen LogP) is 3.62. The van der Waals surface area contributed by atoms with Gasteiger partial charge in [0.05, 0.1) is 34.7 Å². The number of carbonyl (C=O) groups excluding carboxylic acids is 1. The summed E-state index contributed by atoms with van der Waals surface area (Å²) >= 11 is 13.3. The van der Waals surface area contributed by atoms with E-state index in [2.05, 4.69) is 4.98 Å². The molecule has 1 fully saturated rings. The molecule has 0 aliphatic carbocycles. The fraction of sp³-hybridized carbons (Fsp3) is 0.478. The molecule has 1 unspecified atom stereocenters. The number of rotatable bonds is 6. The first-order valence-corrected chi connectivity index (χ1v) is 13.4. The first-order valence-electron chi connectivity index (χ1n) is 10.8. The highest BCUT2D eigenvalue weighted by Crippen LogP contribution is 2.43. The average Bonchev–Trinajstić information content (AvgIpc) is 2.71. The molecule has 1 saturated heterocycles. The summed E-state index contributed by atoms with van der Waals surface area (Å²) < 4.78 is 29.4. The number of aromatic amines is 1. The zero-order chi connectivity index (χ0) is 24.1. The van der Waals surface area contributed by atoms with Crippen LogP contribution in [0, 0.1) is 19.8 Å². The Morgan fingerprint density at radius 1 is 1.21 bits per heavy atom. The first kappa shape index (κ1) is 24.3. The second-order valence-corrected chi connectivity index (χ2v) is 11.7. The van der Waals surface area contributed by atoms with Crippen molar-refractivity contribution in [1.29, 1.82) is 0 Å². The minimum Gasteiger partial charge on any atom is -0.373 e. The lowest BCUT2D eigenvalue weighted by Gasteiger charge is -2.36. The molecule has 1 atom stereocenters. The number of halogens is 2. The highest BCUT2D eigenvalue weighted by Gasteiger charge is 2.42. The van der Waals surface area contributed by atoms with Gasteiger partial charge in [-0.15, -0.1) is 0 Å². The Kier molecular flexibility index (Phi) is 6.66. The number of carbonyl (C=O) groups is 1. The molecule has 1 N–H and O–H groups in total. The molecule has 178 valence electrons. The van der Waals surface area contributed by atoms with Gasteiger partial charge in [0.25, 0.3) is 11.5 Å². The van der Waals surface area contributed by atoms with Crippen LogP contribution in [0.4, 0.5) is 0 Å². The zero-order valence-corrected chi connectivity index (χ0v) is 21.0. The molecule has 7 nitrogen and oxygen atoms in total. The molecule has 0 saturated carbocycles. The third kappa shape index (κ3) is 4.58. The molecule has 1 aromatic heterocycles. The van der Waals surface area contributed by atoms with Crippen molar-refractivity contribution < 1.29 is 17.9 Å². The minimum absolute atomic E-state index is 0.0122. The normalized spacial score (nSPS) is 18.7. The molecule has 3 heterocycles.